The molecule has 3 aliphatic carbocycles. The predicted molar refractivity (Wildman–Crippen MR) is 150 cm³/mol. The van der Waals surface area contributed by atoms with Crippen LogP contribution in [0.4, 0.5) is 15.8 Å². The molecule has 1 N–H and O–H groups in total. The number of nitro benzene ring substituents is 1. The summed E-state index contributed by atoms with van der Waals surface area (Å²) in [4.78, 5) is 53.6. The molecule has 4 aromatic carbocycles. The SMILES string of the molecule is O=C(N/N=C/C12c3ccccc3C(c3ccccc31)[C@H]1C(=O)N(c3ccccc3[N+](=O)[O-])C(=O)[C@@H]12)c1ccc(F)cc1. The summed E-state index contributed by atoms with van der Waals surface area (Å²) >= 11 is 0. The number of hydrogen-bond donors (Lipinski definition) is 1. The zero-order valence-corrected chi connectivity index (χ0v) is 21.8. The summed E-state index contributed by atoms with van der Waals surface area (Å²) < 4.78 is 13.4. The fourth-order valence-corrected chi connectivity index (χ4v) is 6.95. The van der Waals surface area contributed by atoms with Crippen LogP contribution in [-0.4, -0.2) is 28.9 Å². The number of hydrazone groups is 1. The normalized spacial score (nSPS) is 23.5. The summed E-state index contributed by atoms with van der Waals surface area (Å²) in [5.74, 6) is -4.48. The van der Waals surface area contributed by atoms with Crippen LogP contribution in [0.25, 0.3) is 0 Å². The molecule has 2 bridgehead atoms. The summed E-state index contributed by atoms with van der Waals surface area (Å²) in [5.41, 5.74) is 4.18. The molecule has 10 heteroatoms. The van der Waals surface area contributed by atoms with Crippen LogP contribution in [0.1, 0.15) is 38.5 Å². The molecule has 1 fully saturated rings. The average molecular weight is 561 g/mol. The number of amides is 3. The topological polar surface area (TPSA) is 122 Å². The van der Waals surface area contributed by atoms with Gasteiger partial charge in [0.1, 0.15) is 11.5 Å². The number of nitrogens with zero attached hydrogens (tertiary/aromatic N) is 3. The van der Waals surface area contributed by atoms with Gasteiger partial charge in [-0.2, -0.15) is 5.10 Å². The molecule has 4 aliphatic rings. The Kier molecular flexibility index (Phi) is 5.62. The molecule has 2 atom stereocenters. The van der Waals surface area contributed by atoms with Crippen LogP contribution in [0, 0.1) is 27.8 Å². The van der Waals surface area contributed by atoms with Crippen molar-refractivity contribution in [1.29, 1.82) is 0 Å². The maximum absolute atomic E-state index is 14.4. The number of carbonyl (C=O) groups is 3. The van der Waals surface area contributed by atoms with Gasteiger partial charge < -0.3 is 0 Å². The van der Waals surface area contributed by atoms with Gasteiger partial charge in [-0.05, 0) is 52.6 Å². The van der Waals surface area contributed by atoms with Gasteiger partial charge in [-0.25, -0.2) is 14.7 Å². The van der Waals surface area contributed by atoms with Crippen LogP contribution in [0.5, 0.6) is 0 Å². The first-order valence-corrected chi connectivity index (χ1v) is 13.2. The Balaban J connectivity index is 1.41. The van der Waals surface area contributed by atoms with Gasteiger partial charge in [-0.15, -0.1) is 0 Å². The zero-order valence-electron chi connectivity index (χ0n) is 21.8. The molecule has 0 spiro atoms. The van der Waals surface area contributed by atoms with Crippen LogP contribution in [0.15, 0.2) is 102 Å². The van der Waals surface area contributed by atoms with E-state index in [9.17, 15) is 28.9 Å². The quantitative estimate of drug-likeness (QED) is 0.164. The van der Waals surface area contributed by atoms with Gasteiger partial charge in [-0.1, -0.05) is 60.7 Å². The Morgan fingerprint density at radius 1 is 0.881 bits per heavy atom. The standard InChI is InChI=1S/C32H21FN4O5/c33-19-15-13-18(14-16-19)29(38)35-34-17-32-22-9-3-1-7-20(22)26(21-8-2-4-10-23(21)32)27-28(32)31(40)36(30(27)39)24-11-5-6-12-25(24)37(41)42/h1-17,26-28H,(H,35,38)/b34-17+/t26?,27-,28-,32?/m1/s1. The first-order valence-electron chi connectivity index (χ1n) is 13.2. The molecule has 8 rings (SSSR count). The van der Waals surface area contributed by atoms with E-state index < -0.39 is 51.6 Å². The molecule has 0 aromatic heterocycles. The summed E-state index contributed by atoms with van der Waals surface area (Å²) in [6.45, 7) is 0. The van der Waals surface area contributed by atoms with E-state index in [1.165, 1.54) is 36.5 Å². The maximum atomic E-state index is 14.4. The van der Waals surface area contributed by atoms with Crippen molar-refractivity contribution >= 4 is 35.3 Å². The van der Waals surface area contributed by atoms with Crippen molar-refractivity contribution in [2.24, 2.45) is 16.9 Å². The molecule has 0 saturated carbocycles. The van der Waals surface area contributed by atoms with E-state index in [0.29, 0.717) is 0 Å². The first kappa shape index (κ1) is 25.5. The van der Waals surface area contributed by atoms with Gasteiger partial charge >= 0.3 is 0 Å². The zero-order chi connectivity index (χ0) is 29.2. The highest BCUT2D eigenvalue weighted by atomic mass is 19.1. The van der Waals surface area contributed by atoms with E-state index in [-0.39, 0.29) is 16.9 Å². The predicted octanol–water partition coefficient (Wildman–Crippen LogP) is 4.70. The number of nitrogens with one attached hydrogen (secondary N) is 1. The Labute approximate surface area is 238 Å². The van der Waals surface area contributed by atoms with E-state index in [1.54, 1.807) is 6.07 Å². The van der Waals surface area contributed by atoms with Crippen molar-refractivity contribution in [3.05, 3.63) is 141 Å². The van der Waals surface area contributed by atoms with Gasteiger partial charge in [0.2, 0.25) is 11.8 Å². The van der Waals surface area contributed by atoms with Crippen LogP contribution in [0.3, 0.4) is 0 Å². The third kappa shape index (κ3) is 3.41. The van der Waals surface area contributed by atoms with E-state index in [4.69, 9.17) is 0 Å². The third-order valence-corrected chi connectivity index (χ3v) is 8.54. The summed E-state index contributed by atoms with van der Waals surface area (Å²) in [7, 11) is 0. The Morgan fingerprint density at radius 2 is 1.48 bits per heavy atom. The second-order valence-corrected chi connectivity index (χ2v) is 10.5. The minimum atomic E-state index is -1.27. The largest absolute Gasteiger partial charge is 0.293 e. The van der Waals surface area contributed by atoms with Crippen molar-refractivity contribution in [3.8, 4) is 0 Å². The minimum absolute atomic E-state index is 0.0869. The molecular formula is C32H21FN4O5. The second-order valence-electron chi connectivity index (χ2n) is 10.5. The molecule has 42 heavy (non-hydrogen) atoms. The Bertz CT molecular complexity index is 1810. The van der Waals surface area contributed by atoms with Gasteiger partial charge in [0.25, 0.3) is 11.6 Å². The van der Waals surface area contributed by atoms with Crippen molar-refractivity contribution < 1.29 is 23.7 Å². The number of benzene rings is 4. The van der Waals surface area contributed by atoms with E-state index in [1.807, 2.05) is 48.5 Å². The number of anilines is 1. The summed E-state index contributed by atoms with van der Waals surface area (Å²) in [6, 6.07) is 25.7. The Hall–Kier alpha value is -5.51. The lowest BCUT2D eigenvalue weighted by Gasteiger charge is -2.52. The first-order chi connectivity index (χ1) is 20.3. The fraction of sp³-hybridized carbons (Fsp3) is 0.125. The molecule has 1 saturated heterocycles. The lowest BCUT2D eigenvalue weighted by atomic mass is 9.47. The monoisotopic (exact) mass is 560 g/mol. The van der Waals surface area contributed by atoms with Crippen LogP contribution >= 0.6 is 0 Å². The Morgan fingerprint density at radius 3 is 2.12 bits per heavy atom. The van der Waals surface area contributed by atoms with Gasteiger partial charge in [0.15, 0.2) is 0 Å². The average Bonchev–Trinajstić information content (AvgIpc) is 3.28. The smallest absolute Gasteiger partial charge is 0.274 e. The molecule has 206 valence electrons. The molecule has 3 amide bonds. The second kappa shape index (κ2) is 9.27. The van der Waals surface area contributed by atoms with Gasteiger partial charge in [-0.3, -0.25) is 24.5 Å². The molecular weight excluding hydrogens is 539 g/mol. The fourth-order valence-electron chi connectivity index (χ4n) is 6.95. The van der Waals surface area contributed by atoms with Crippen LogP contribution in [0.2, 0.25) is 0 Å². The number of halogens is 1. The van der Waals surface area contributed by atoms with Crippen molar-refractivity contribution in [2.75, 3.05) is 4.90 Å². The highest BCUT2D eigenvalue weighted by molar-refractivity contribution is 6.25. The molecule has 1 aliphatic heterocycles. The number of nitro groups is 1. The van der Waals surface area contributed by atoms with Crippen molar-refractivity contribution in [1.82, 2.24) is 5.43 Å². The lowest BCUT2D eigenvalue weighted by molar-refractivity contribution is -0.384. The number of carbonyl (C=O) groups excluding carboxylic acids is 3. The molecule has 0 radical (unpaired) electrons. The van der Waals surface area contributed by atoms with Gasteiger partial charge in [0.05, 0.1) is 22.2 Å². The molecule has 0 unspecified atom stereocenters. The van der Waals surface area contributed by atoms with Crippen LogP contribution < -0.4 is 10.3 Å². The number of hydrogen-bond acceptors (Lipinski definition) is 6. The minimum Gasteiger partial charge on any atom is -0.274 e. The van der Waals surface area contributed by atoms with Crippen molar-refractivity contribution in [2.45, 2.75) is 11.3 Å². The molecule has 1 heterocycles. The van der Waals surface area contributed by atoms with E-state index >= 15 is 0 Å². The van der Waals surface area contributed by atoms with E-state index in [0.717, 1.165) is 39.3 Å². The number of imide groups is 1. The van der Waals surface area contributed by atoms with E-state index in [2.05, 4.69) is 10.5 Å². The molecule has 9 nitrogen and oxygen atoms in total. The number of para-hydroxylation sites is 2. The van der Waals surface area contributed by atoms with Crippen LogP contribution in [-0.2, 0) is 15.0 Å². The number of rotatable bonds is 5. The highest BCUT2D eigenvalue weighted by Gasteiger charge is 2.68. The van der Waals surface area contributed by atoms with Gasteiger partial charge in [0, 0.05) is 23.8 Å². The summed E-state index contributed by atoms with van der Waals surface area (Å²) in [5, 5.41) is 16.2. The maximum Gasteiger partial charge on any atom is 0.293 e. The van der Waals surface area contributed by atoms with Crippen molar-refractivity contribution in [3.63, 3.8) is 0 Å². The third-order valence-electron chi connectivity index (χ3n) is 8.54. The molecule has 4 aromatic rings. The summed E-state index contributed by atoms with van der Waals surface area (Å²) in [6.07, 6.45) is 1.49. The lowest BCUT2D eigenvalue weighted by Crippen LogP contribution is -2.54. The highest BCUT2D eigenvalue weighted by Crippen LogP contribution is 2.63.